The molecular weight excluding hydrogens is 392 g/mol. The first-order valence-electron chi connectivity index (χ1n) is 12.1. The molecule has 1 aliphatic carbocycles. The Morgan fingerprint density at radius 1 is 1.13 bits per heavy atom. The van der Waals surface area contributed by atoms with E-state index in [-0.39, 0.29) is 18.4 Å². The van der Waals surface area contributed by atoms with Crippen LogP contribution in [0.2, 0.25) is 0 Å². The highest BCUT2D eigenvalue weighted by atomic mass is 16.5. The molecule has 1 heterocycles. The number of carbonyl (C=O) groups is 2. The number of nitrogens with two attached hydrogens (primary N) is 1. The molecule has 2 N–H and O–H groups in total. The predicted octanol–water partition coefficient (Wildman–Crippen LogP) is 3.14. The third kappa shape index (κ3) is 7.95. The van der Waals surface area contributed by atoms with Gasteiger partial charge in [0.15, 0.2) is 0 Å². The van der Waals surface area contributed by atoms with Crippen molar-refractivity contribution >= 4 is 17.5 Å². The third-order valence-electron chi connectivity index (χ3n) is 6.38. The van der Waals surface area contributed by atoms with Gasteiger partial charge in [0.05, 0.1) is 13.2 Å². The summed E-state index contributed by atoms with van der Waals surface area (Å²) in [5, 5.41) is 0. The number of hydrogen-bond donors (Lipinski definition) is 1. The first-order valence-corrected chi connectivity index (χ1v) is 12.1. The van der Waals surface area contributed by atoms with E-state index >= 15 is 0 Å². The van der Waals surface area contributed by atoms with Gasteiger partial charge < -0.3 is 20.3 Å². The Kier molecular flexibility index (Phi) is 11.1. The Balaban J connectivity index is 2.13. The summed E-state index contributed by atoms with van der Waals surface area (Å²) < 4.78 is 5.35. The topological polar surface area (TPSA) is 88.2 Å². The SMILES string of the molecule is CCCN(CCC(C)CC)C(=O)CN=C1CCCCC/C1=C(/N)C(=O)N1CCOCC1. The summed E-state index contributed by atoms with van der Waals surface area (Å²) in [5.74, 6) is 0.556. The number of hydrogen-bond acceptors (Lipinski definition) is 5. The number of amides is 2. The maximum Gasteiger partial charge on any atom is 0.270 e. The average molecular weight is 435 g/mol. The van der Waals surface area contributed by atoms with Crippen LogP contribution in [0.3, 0.4) is 0 Å². The highest BCUT2D eigenvalue weighted by Crippen LogP contribution is 2.23. The van der Waals surface area contributed by atoms with Gasteiger partial charge in [0.1, 0.15) is 12.2 Å². The molecule has 0 spiro atoms. The van der Waals surface area contributed by atoms with Crippen LogP contribution in [-0.2, 0) is 14.3 Å². The van der Waals surface area contributed by atoms with Gasteiger partial charge in [0.2, 0.25) is 5.91 Å². The largest absolute Gasteiger partial charge is 0.394 e. The van der Waals surface area contributed by atoms with Crippen molar-refractivity contribution in [1.29, 1.82) is 0 Å². The maximum absolute atomic E-state index is 12.9. The molecule has 1 aliphatic heterocycles. The summed E-state index contributed by atoms with van der Waals surface area (Å²) in [4.78, 5) is 34.2. The van der Waals surface area contributed by atoms with Crippen LogP contribution >= 0.6 is 0 Å². The van der Waals surface area contributed by atoms with Gasteiger partial charge in [0.25, 0.3) is 5.91 Å². The lowest BCUT2D eigenvalue weighted by Gasteiger charge is -2.27. The first-order chi connectivity index (χ1) is 15.0. The van der Waals surface area contributed by atoms with Crippen molar-refractivity contribution < 1.29 is 14.3 Å². The van der Waals surface area contributed by atoms with Crippen LogP contribution in [0.25, 0.3) is 0 Å². The van der Waals surface area contributed by atoms with Crippen LogP contribution in [0, 0.1) is 5.92 Å². The highest BCUT2D eigenvalue weighted by molar-refractivity contribution is 6.08. The van der Waals surface area contributed by atoms with Crippen LogP contribution in [0.15, 0.2) is 16.3 Å². The summed E-state index contributed by atoms with van der Waals surface area (Å²) in [5.41, 5.74) is 8.37. The second-order valence-electron chi connectivity index (χ2n) is 8.80. The Bertz CT molecular complexity index is 653. The van der Waals surface area contributed by atoms with E-state index in [1.165, 1.54) is 0 Å². The quantitative estimate of drug-likeness (QED) is 0.446. The molecule has 1 saturated carbocycles. The standard InChI is InChI=1S/C24H42N4O3/c1-4-12-27(13-11-19(3)5-2)22(29)18-26-21-10-8-6-7-9-20(21)23(25)24(30)28-14-16-31-17-15-28/h19H,4-18,25H2,1-3H3/b23-20-,26-21?. The van der Waals surface area contributed by atoms with Crippen molar-refractivity contribution in [3.05, 3.63) is 11.3 Å². The van der Waals surface area contributed by atoms with Gasteiger partial charge in [-0.2, -0.15) is 0 Å². The second-order valence-corrected chi connectivity index (χ2v) is 8.80. The molecule has 0 aromatic rings. The maximum atomic E-state index is 12.9. The predicted molar refractivity (Wildman–Crippen MR) is 125 cm³/mol. The minimum atomic E-state index is -0.125. The molecule has 31 heavy (non-hydrogen) atoms. The lowest BCUT2D eigenvalue weighted by molar-refractivity contribution is -0.131. The van der Waals surface area contributed by atoms with Crippen LogP contribution in [0.5, 0.6) is 0 Å². The van der Waals surface area contributed by atoms with Crippen LogP contribution in [-0.4, -0.2) is 73.3 Å². The molecule has 1 unspecified atom stereocenters. The highest BCUT2D eigenvalue weighted by Gasteiger charge is 2.24. The van der Waals surface area contributed by atoms with Crippen molar-refractivity contribution in [1.82, 2.24) is 9.80 Å². The zero-order chi connectivity index (χ0) is 22.6. The van der Waals surface area contributed by atoms with E-state index in [4.69, 9.17) is 15.5 Å². The minimum absolute atomic E-state index is 0.0688. The van der Waals surface area contributed by atoms with Gasteiger partial charge in [-0.15, -0.1) is 0 Å². The molecule has 1 saturated heterocycles. The molecule has 0 aromatic carbocycles. The average Bonchev–Trinajstić information content (AvgIpc) is 3.05. The number of aliphatic imine (C=N–C) groups is 1. The fourth-order valence-corrected chi connectivity index (χ4v) is 4.07. The van der Waals surface area contributed by atoms with Gasteiger partial charge in [-0.05, 0) is 44.4 Å². The number of nitrogens with zero attached hydrogens (tertiary/aromatic N) is 3. The van der Waals surface area contributed by atoms with Gasteiger partial charge >= 0.3 is 0 Å². The number of carbonyl (C=O) groups excluding carboxylic acids is 2. The van der Waals surface area contributed by atoms with Crippen molar-refractivity contribution in [2.45, 2.75) is 72.1 Å². The number of rotatable bonds is 9. The molecule has 2 fully saturated rings. The molecular formula is C24H42N4O3. The van der Waals surface area contributed by atoms with Crippen molar-refractivity contribution in [3.8, 4) is 0 Å². The van der Waals surface area contributed by atoms with Gasteiger partial charge in [-0.1, -0.05) is 33.6 Å². The van der Waals surface area contributed by atoms with E-state index in [0.29, 0.717) is 37.9 Å². The fourth-order valence-electron chi connectivity index (χ4n) is 4.07. The number of ether oxygens (including phenoxy) is 1. The van der Waals surface area contributed by atoms with Crippen LogP contribution < -0.4 is 5.73 Å². The molecule has 1 atom stereocenters. The molecule has 2 rings (SSSR count). The van der Waals surface area contributed by atoms with Gasteiger partial charge in [0, 0.05) is 37.5 Å². The molecule has 2 amide bonds. The Morgan fingerprint density at radius 2 is 1.84 bits per heavy atom. The van der Waals surface area contributed by atoms with E-state index in [2.05, 4.69) is 20.8 Å². The van der Waals surface area contributed by atoms with E-state index < -0.39 is 0 Å². The fraction of sp³-hybridized carbons (Fsp3) is 0.792. The monoisotopic (exact) mass is 434 g/mol. The molecule has 7 nitrogen and oxygen atoms in total. The second kappa shape index (κ2) is 13.5. The normalized spacial score (nSPS) is 21.5. The summed E-state index contributed by atoms with van der Waals surface area (Å²) in [7, 11) is 0. The Hall–Kier alpha value is -1.89. The summed E-state index contributed by atoms with van der Waals surface area (Å²) >= 11 is 0. The lowest BCUT2D eigenvalue weighted by Crippen LogP contribution is -2.43. The van der Waals surface area contributed by atoms with Gasteiger partial charge in [-0.25, -0.2) is 0 Å². The zero-order valence-corrected chi connectivity index (χ0v) is 19.8. The van der Waals surface area contributed by atoms with Crippen molar-refractivity contribution in [2.75, 3.05) is 45.9 Å². The van der Waals surface area contributed by atoms with E-state index in [1.54, 1.807) is 4.90 Å². The molecule has 0 radical (unpaired) electrons. The third-order valence-corrected chi connectivity index (χ3v) is 6.38. The van der Waals surface area contributed by atoms with Crippen molar-refractivity contribution in [3.63, 3.8) is 0 Å². The molecule has 0 aromatic heterocycles. The molecule has 7 heteroatoms. The van der Waals surface area contributed by atoms with E-state index in [9.17, 15) is 9.59 Å². The van der Waals surface area contributed by atoms with E-state index in [0.717, 1.165) is 75.7 Å². The Morgan fingerprint density at radius 3 is 2.52 bits per heavy atom. The Labute approximate surface area is 188 Å². The minimum Gasteiger partial charge on any atom is -0.394 e. The molecule has 176 valence electrons. The lowest BCUT2D eigenvalue weighted by atomic mass is 10.0. The van der Waals surface area contributed by atoms with Crippen LogP contribution in [0.1, 0.15) is 72.1 Å². The van der Waals surface area contributed by atoms with E-state index in [1.807, 2.05) is 4.90 Å². The molecule has 0 bridgehead atoms. The molecule has 2 aliphatic rings. The van der Waals surface area contributed by atoms with Gasteiger partial charge in [-0.3, -0.25) is 14.6 Å². The zero-order valence-electron chi connectivity index (χ0n) is 19.8. The summed E-state index contributed by atoms with van der Waals surface area (Å²) in [6.45, 7) is 10.4. The van der Waals surface area contributed by atoms with Crippen molar-refractivity contribution in [2.24, 2.45) is 16.6 Å². The summed E-state index contributed by atoms with van der Waals surface area (Å²) in [6, 6.07) is 0. The van der Waals surface area contributed by atoms with Crippen LogP contribution in [0.4, 0.5) is 0 Å². The number of morpholine rings is 1. The number of allylic oxidation sites excluding steroid dienone is 1. The first kappa shape index (κ1) is 25.4. The smallest absolute Gasteiger partial charge is 0.270 e. The summed E-state index contributed by atoms with van der Waals surface area (Å²) in [6.07, 6.45) is 7.72.